The molecule has 1 amide bonds. The van der Waals surface area contributed by atoms with Crippen LogP contribution in [-0.2, 0) is 4.79 Å². The minimum atomic E-state index is -0.347. The van der Waals surface area contributed by atoms with E-state index in [1.54, 1.807) is 24.3 Å². The van der Waals surface area contributed by atoms with Crippen molar-refractivity contribution in [1.29, 1.82) is 10.5 Å². The first kappa shape index (κ1) is 11.5. The van der Waals surface area contributed by atoms with Crippen LogP contribution in [0.25, 0.3) is 0 Å². The van der Waals surface area contributed by atoms with Crippen molar-refractivity contribution in [3.63, 3.8) is 0 Å². The van der Waals surface area contributed by atoms with Gasteiger partial charge in [0.1, 0.15) is 6.42 Å². The predicted molar refractivity (Wildman–Crippen MR) is 62.7 cm³/mol. The Hall–Kier alpha value is -1.60. The van der Waals surface area contributed by atoms with Gasteiger partial charge in [0.25, 0.3) is 0 Å². The average Bonchev–Trinajstić information content (AvgIpc) is 2.21. The van der Waals surface area contributed by atoms with E-state index >= 15 is 0 Å². The fourth-order valence-corrected chi connectivity index (χ4v) is 1.60. The largest absolute Gasteiger partial charge is 0.324 e. The third-order valence-electron chi connectivity index (χ3n) is 1.61. The van der Waals surface area contributed by atoms with Crippen LogP contribution in [0.2, 0.25) is 0 Å². The number of nitriles is 2. The molecule has 1 aromatic rings. The molecule has 0 saturated carbocycles. The molecule has 0 atom stereocenters. The van der Waals surface area contributed by atoms with E-state index in [0.29, 0.717) is 11.3 Å². The van der Waals surface area contributed by atoms with Gasteiger partial charge in [0.15, 0.2) is 0 Å². The van der Waals surface area contributed by atoms with Gasteiger partial charge < -0.3 is 5.32 Å². The minimum absolute atomic E-state index is 0.171. The number of amides is 1. The molecule has 0 aromatic heterocycles. The van der Waals surface area contributed by atoms with Gasteiger partial charge in [0.2, 0.25) is 5.91 Å². The number of carbonyl (C=O) groups excluding carboxylic acids is 1. The number of benzene rings is 1. The highest BCUT2D eigenvalue weighted by atomic mass is 127. The van der Waals surface area contributed by atoms with Gasteiger partial charge in [0.05, 0.1) is 23.4 Å². The summed E-state index contributed by atoms with van der Waals surface area (Å²) in [5.74, 6) is -0.347. The van der Waals surface area contributed by atoms with Crippen LogP contribution in [0, 0.1) is 26.2 Å². The Morgan fingerprint density at radius 2 is 2.20 bits per heavy atom. The number of hydrogen-bond donors (Lipinski definition) is 1. The summed E-state index contributed by atoms with van der Waals surface area (Å²) in [4.78, 5) is 11.1. The van der Waals surface area contributed by atoms with E-state index in [1.807, 2.05) is 28.7 Å². The molecular formula is C10H6IN3O. The first-order valence-corrected chi connectivity index (χ1v) is 5.11. The zero-order chi connectivity index (χ0) is 11.3. The standard InChI is InChI=1S/C10H6IN3O/c11-8-5-7(6-13)1-2-9(8)14-10(15)3-4-12/h1-2,5H,3H2,(H,14,15). The first-order valence-electron chi connectivity index (χ1n) is 4.04. The Kier molecular flexibility index (Phi) is 4.07. The Morgan fingerprint density at radius 1 is 1.47 bits per heavy atom. The van der Waals surface area contributed by atoms with Crippen LogP contribution < -0.4 is 5.32 Å². The van der Waals surface area contributed by atoms with Crippen LogP contribution in [0.3, 0.4) is 0 Å². The van der Waals surface area contributed by atoms with E-state index in [0.717, 1.165) is 3.57 Å². The average molecular weight is 311 g/mol. The highest BCUT2D eigenvalue weighted by Crippen LogP contribution is 2.19. The summed E-state index contributed by atoms with van der Waals surface area (Å²) in [6.45, 7) is 0. The number of anilines is 1. The Labute approximate surface area is 101 Å². The van der Waals surface area contributed by atoms with E-state index in [9.17, 15) is 4.79 Å². The van der Waals surface area contributed by atoms with Crippen LogP contribution in [-0.4, -0.2) is 5.91 Å². The number of hydrogen-bond acceptors (Lipinski definition) is 3. The molecule has 0 saturated heterocycles. The summed E-state index contributed by atoms with van der Waals surface area (Å²) in [6.07, 6.45) is -0.171. The summed E-state index contributed by atoms with van der Waals surface area (Å²) in [7, 11) is 0. The second-order valence-electron chi connectivity index (χ2n) is 2.69. The molecule has 0 unspecified atom stereocenters. The molecule has 5 heteroatoms. The van der Waals surface area contributed by atoms with Crippen molar-refractivity contribution in [2.24, 2.45) is 0 Å². The minimum Gasteiger partial charge on any atom is -0.324 e. The molecule has 0 aliphatic carbocycles. The fourth-order valence-electron chi connectivity index (χ4n) is 0.952. The van der Waals surface area contributed by atoms with Crippen molar-refractivity contribution in [2.45, 2.75) is 6.42 Å². The number of carbonyl (C=O) groups is 1. The van der Waals surface area contributed by atoms with Crippen molar-refractivity contribution < 1.29 is 4.79 Å². The topological polar surface area (TPSA) is 76.7 Å². The molecule has 15 heavy (non-hydrogen) atoms. The van der Waals surface area contributed by atoms with Gasteiger partial charge in [-0.05, 0) is 40.8 Å². The molecule has 0 aliphatic heterocycles. The fraction of sp³-hybridized carbons (Fsp3) is 0.100. The predicted octanol–water partition coefficient (Wildman–Crippen LogP) is 2.02. The Balaban J connectivity index is 2.85. The van der Waals surface area contributed by atoms with Gasteiger partial charge in [-0.1, -0.05) is 0 Å². The summed E-state index contributed by atoms with van der Waals surface area (Å²) in [5, 5.41) is 19.5. The van der Waals surface area contributed by atoms with Gasteiger partial charge in [-0.2, -0.15) is 10.5 Å². The molecule has 0 bridgehead atoms. The molecular weight excluding hydrogens is 305 g/mol. The molecule has 1 aromatic carbocycles. The Morgan fingerprint density at radius 3 is 2.73 bits per heavy atom. The van der Waals surface area contributed by atoms with Crippen LogP contribution in [0.1, 0.15) is 12.0 Å². The van der Waals surface area contributed by atoms with Gasteiger partial charge >= 0.3 is 0 Å². The van der Waals surface area contributed by atoms with Gasteiger partial charge in [-0.25, -0.2) is 0 Å². The van der Waals surface area contributed by atoms with Crippen LogP contribution in [0.4, 0.5) is 5.69 Å². The summed E-state index contributed by atoms with van der Waals surface area (Å²) >= 11 is 2.02. The first-order chi connectivity index (χ1) is 7.17. The third kappa shape index (κ3) is 3.22. The molecule has 0 fully saturated rings. The van der Waals surface area contributed by atoms with Crippen molar-refractivity contribution in [1.82, 2.24) is 0 Å². The molecule has 0 heterocycles. The lowest BCUT2D eigenvalue weighted by atomic mass is 10.2. The second-order valence-corrected chi connectivity index (χ2v) is 3.85. The molecule has 1 N–H and O–H groups in total. The lowest BCUT2D eigenvalue weighted by molar-refractivity contribution is -0.115. The van der Waals surface area contributed by atoms with Gasteiger partial charge in [-0.15, -0.1) is 0 Å². The highest BCUT2D eigenvalue weighted by Gasteiger charge is 2.05. The van der Waals surface area contributed by atoms with Gasteiger partial charge in [0, 0.05) is 3.57 Å². The second kappa shape index (κ2) is 5.32. The van der Waals surface area contributed by atoms with E-state index in [2.05, 4.69) is 5.32 Å². The number of rotatable bonds is 2. The summed E-state index contributed by atoms with van der Waals surface area (Å²) in [6, 6.07) is 8.70. The maximum atomic E-state index is 11.1. The van der Waals surface area contributed by atoms with E-state index in [1.165, 1.54) is 0 Å². The van der Waals surface area contributed by atoms with E-state index < -0.39 is 0 Å². The molecule has 0 radical (unpaired) electrons. The van der Waals surface area contributed by atoms with Gasteiger partial charge in [-0.3, -0.25) is 4.79 Å². The molecule has 0 aliphatic rings. The van der Waals surface area contributed by atoms with Crippen LogP contribution in [0.15, 0.2) is 18.2 Å². The van der Waals surface area contributed by atoms with Crippen molar-refractivity contribution in [3.8, 4) is 12.1 Å². The van der Waals surface area contributed by atoms with E-state index in [-0.39, 0.29) is 12.3 Å². The Bertz CT molecular complexity index is 471. The van der Waals surface area contributed by atoms with Crippen molar-refractivity contribution in [2.75, 3.05) is 5.32 Å². The summed E-state index contributed by atoms with van der Waals surface area (Å²) < 4.78 is 0.776. The quantitative estimate of drug-likeness (QED) is 0.849. The maximum absolute atomic E-state index is 11.1. The SMILES string of the molecule is N#CCC(=O)Nc1ccc(C#N)cc1I. The summed E-state index contributed by atoms with van der Waals surface area (Å²) in [5.41, 5.74) is 1.16. The monoisotopic (exact) mass is 311 g/mol. The molecule has 1 rings (SSSR count). The third-order valence-corrected chi connectivity index (χ3v) is 2.50. The zero-order valence-corrected chi connectivity index (χ0v) is 9.78. The highest BCUT2D eigenvalue weighted by molar-refractivity contribution is 14.1. The lowest BCUT2D eigenvalue weighted by Crippen LogP contribution is -2.11. The van der Waals surface area contributed by atoms with Crippen molar-refractivity contribution in [3.05, 3.63) is 27.3 Å². The molecule has 74 valence electrons. The smallest absolute Gasteiger partial charge is 0.238 e. The number of nitrogens with zero attached hydrogens (tertiary/aromatic N) is 2. The normalized spacial score (nSPS) is 8.73. The van der Waals surface area contributed by atoms with Crippen LogP contribution >= 0.6 is 22.6 Å². The molecule has 4 nitrogen and oxygen atoms in total. The zero-order valence-electron chi connectivity index (χ0n) is 7.62. The lowest BCUT2D eigenvalue weighted by Gasteiger charge is -2.05. The van der Waals surface area contributed by atoms with E-state index in [4.69, 9.17) is 10.5 Å². The number of halogens is 1. The van der Waals surface area contributed by atoms with Crippen LogP contribution in [0.5, 0.6) is 0 Å². The van der Waals surface area contributed by atoms with Crippen molar-refractivity contribution >= 4 is 34.2 Å². The molecule has 0 spiro atoms. The number of nitrogens with one attached hydrogen (secondary N) is 1. The maximum Gasteiger partial charge on any atom is 0.238 e.